The zero-order valence-electron chi connectivity index (χ0n) is 9.65. The first kappa shape index (κ1) is 11.1. The van der Waals surface area contributed by atoms with Crippen LogP contribution in [0.4, 0.5) is 0 Å². The topological polar surface area (TPSA) is 32.3 Å². The van der Waals surface area contributed by atoms with Crippen LogP contribution < -0.4 is 5.32 Å². The number of nitrogens with zero attached hydrogens (tertiary/aromatic N) is 1. The van der Waals surface area contributed by atoms with Crippen molar-refractivity contribution in [3.63, 3.8) is 0 Å². The SMILES string of the molecule is CN(CC(=O)NC1CC1)Cc1ccccc1. The molecule has 2 rings (SSSR count). The van der Waals surface area contributed by atoms with E-state index in [2.05, 4.69) is 17.4 Å². The quantitative estimate of drug-likeness (QED) is 0.810. The minimum atomic E-state index is 0.140. The van der Waals surface area contributed by atoms with Gasteiger partial charge in [0.05, 0.1) is 6.54 Å². The Morgan fingerprint density at radius 2 is 2.06 bits per heavy atom. The Bertz CT molecular complexity index is 346. The van der Waals surface area contributed by atoms with Crippen molar-refractivity contribution in [2.45, 2.75) is 25.4 Å². The second-order valence-corrected chi connectivity index (χ2v) is 4.50. The number of nitrogens with one attached hydrogen (secondary N) is 1. The van der Waals surface area contributed by atoms with E-state index in [1.807, 2.05) is 30.1 Å². The van der Waals surface area contributed by atoms with Gasteiger partial charge >= 0.3 is 0 Å². The zero-order valence-corrected chi connectivity index (χ0v) is 9.65. The highest BCUT2D eigenvalue weighted by Gasteiger charge is 2.23. The predicted molar refractivity (Wildman–Crippen MR) is 63.9 cm³/mol. The van der Waals surface area contributed by atoms with Gasteiger partial charge in [-0.25, -0.2) is 0 Å². The Morgan fingerprint density at radius 3 is 2.69 bits per heavy atom. The summed E-state index contributed by atoms with van der Waals surface area (Å²) < 4.78 is 0. The number of rotatable bonds is 5. The number of likely N-dealkylation sites (N-methyl/N-ethyl adjacent to an activating group) is 1. The molecule has 1 fully saturated rings. The number of benzene rings is 1. The predicted octanol–water partition coefficient (Wildman–Crippen LogP) is 1.40. The van der Waals surface area contributed by atoms with Gasteiger partial charge in [0.2, 0.25) is 5.91 Å². The largest absolute Gasteiger partial charge is 0.352 e. The van der Waals surface area contributed by atoms with Crippen LogP contribution in [0.2, 0.25) is 0 Å². The van der Waals surface area contributed by atoms with E-state index in [1.54, 1.807) is 0 Å². The Hall–Kier alpha value is -1.35. The third-order valence-corrected chi connectivity index (χ3v) is 2.65. The summed E-state index contributed by atoms with van der Waals surface area (Å²) in [6.45, 7) is 1.30. The number of hydrogen-bond acceptors (Lipinski definition) is 2. The van der Waals surface area contributed by atoms with Crippen molar-refractivity contribution in [3.05, 3.63) is 35.9 Å². The molecule has 0 radical (unpaired) electrons. The van der Waals surface area contributed by atoms with Gasteiger partial charge in [-0.15, -0.1) is 0 Å². The van der Waals surface area contributed by atoms with Gasteiger partial charge in [0.1, 0.15) is 0 Å². The van der Waals surface area contributed by atoms with Crippen LogP contribution in [0.15, 0.2) is 30.3 Å². The van der Waals surface area contributed by atoms with Crippen LogP contribution in [0.3, 0.4) is 0 Å². The molecule has 1 aliphatic carbocycles. The Balaban J connectivity index is 1.74. The first-order chi connectivity index (χ1) is 7.74. The van der Waals surface area contributed by atoms with Gasteiger partial charge in [-0.2, -0.15) is 0 Å². The lowest BCUT2D eigenvalue weighted by Crippen LogP contribution is -2.35. The van der Waals surface area contributed by atoms with Crippen LogP contribution in [-0.4, -0.2) is 30.4 Å². The number of hydrogen-bond donors (Lipinski definition) is 1. The number of carbonyl (C=O) groups is 1. The molecular formula is C13H18N2O. The second-order valence-electron chi connectivity index (χ2n) is 4.50. The molecule has 1 aromatic carbocycles. The number of carbonyl (C=O) groups excluding carboxylic acids is 1. The molecular weight excluding hydrogens is 200 g/mol. The van der Waals surface area contributed by atoms with Gasteiger partial charge in [0.15, 0.2) is 0 Å². The monoisotopic (exact) mass is 218 g/mol. The lowest BCUT2D eigenvalue weighted by Gasteiger charge is -2.16. The van der Waals surface area contributed by atoms with Crippen LogP contribution >= 0.6 is 0 Å². The van der Waals surface area contributed by atoms with E-state index in [1.165, 1.54) is 5.56 Å². The standard InChI is InChI=1S/C13H18N2O/c1-15(9-11-5-3-2-4-6-11)10-13(16)14-12-7-8-12/h2-6,12H,7-10H2,1H3,(H,14,16). The minimum absolute atomic E-state index is 0.140. The molecule has 0 bridgehead atoms. The maximum atomic E-state index is 11.5. The maximum Gasteiger partial charge on any atom is 0.234 e. The highest BCUT2D eigenvalue weighted by Crippen LogP contribution is 2.18. The lowest BCUT2D eigenvalue weighted by molar-refractivity contribution is -0.122. The molecule has 0 atom stereocenters. The smallest absolute Gasteiger partial charge is 0.234 e. The number of amides is 1. The summed E-state index contributed by atoms with van der Waals surface area (Å²) in [5, 5.41) is 2.99. The van der Waals surface area contributed by atoms with Crippen molar-refractivity contribution in [2.24, 2.45) is 0 Å². The molecule has 1 saturated carbocycles. The van der Waals surface area contributed by atoms with E-state index in [4.69, 9.17) is 0 Å². The van der Waals surface area contributed by atoms with Crippen LogP contribution in [0, 0.1) is 0 Å². The summed E-state index contributed by atoms with van der Waals surface area (Å²) in [7, 11) is 1.97. The summed E-state index contributed by atoms with van der Waals surface area (Å²) in [6.07, 6.45) is 2.29. The lowest BCUT2D eigenvalue weighted by atomic mass is 10.2. The van der Waals surface area contributed by atoms with E-state index in [-0.39, 0.29) is 5.91 Å². The first-order valence-corrected chi connectivity index (χ1v) is 5.76. The van der Waals surface area contributed by atoms with Crippen molar-refractivity contribution < 1.29 is 4.79 Å². The fraction of sp³-hybridized carbons (Fsp3) is 0.462. The molecule has 1 N–H and O–H groups in total. The van der Waals surface area contributed by atoms with Crippen LogP contribution in [0.25, 0.3) is 0 Å². The third-order valence-electron chi connectivity index (χ3n) is 2.65. The molecule has 0 unspecified atom stereocenters. The molecule has 0 aromatic heterocycles. The first-order valence-electron chi connectivity index (χ1n) is 5.76. The van der Waals surface area contributed by atoms with Crippen LogP contribution in [-0.2, 0) is 11.3 Å². The second kappa shape index (κ2) is 5.12. The Kier molecular flexibility index (Phi) is 3.57. The van der Waals surface area contributed by atoms with Gasteiger partial charge < -0.3 is 5.32 Å². The van der Waals surface area contributed by atoms with E-state index in [0.29, 0.717) is 12.6 Å². The summed E-state index contributed by atoms with van der Waals surface area (Å²) >= 11 is 0. The highest BCUT2D eigenvalue weighted by atomic mass is 16.2. The fourth-order valence-corrected chi connectivity index (χ4v) is 1.70. The van der Waals surface area contributed by atoms with Crippen molar-refractivity contribution >= 4 is 5.91 Å². The van der Waals surface area contributed by atoms with Crippen LogP contribution in [0.5, 0.6) is 0 Å². The Morgan fingerprint density at radius 1 is 1.38 bits per heavy atom. The summed E-state index contributed by atoms with van der Waals surface area (Å²) in [5.41, 5.74) is 1.24. The molecule has 0 saturated heterocycles. The van der Waals surface area contributed by atoms with Crippen molar-refractivity contribution in [1.82, 2.24) is 10.2 Å². The van der Waals surface area contributed by atoms with E-state index in [0.717, 1.165) is 19.4 Å². The average molecular weight is 218 g/mol. The molecule has 3 heteroatoms. The summed E-state index contributed by atoms with van der Waals surface area (Å²) in [5.74, 6) is 0.140. The van der Waals surface area contributed by atoms with Gasteiger partial charge in [-0.05, 0) is 25.5 Å². The van der Waals surface area contributed by atoms with E-state index in [9.17, 15) is 4.79 Å². The molecule has 16 heavy (non-hydrogen) atoms. The maximum absolute atomic E-state index is 11.5. The summed E-state index contributed by atoms with van der Waals surface area (Å²) in [4.78, 5) is 13.6. The Labute approximate surface area is 96.5 Å². The molecule has 0 spiro atoms. The molecule has 0 heterocycles. The fourth-order valence-electron chi connectivity index (χ4n) is 1.70. The van der Waals surface area contributed by atoms with E-state index < -0.39 is 0 Å². The normalized spacial score (nSPS) is 15.1. The van der Waals surface area contributed by atoms with Gasteiger partial charge in [-0.1, -0.05) is 30.3 Å². The van der Waals surface area contributed by atoms with Gasteiger partial charge in [-0.3, -0.25) is 9.69 Å². The van der Waals surface area contributed by atoms with Crippen molar-refractivity contribution in [3.8, 4) is 0 Å². The highest BCUT2D eigenvalue weighted by molar-refractivity contribution is 5.78. The van der Waals surface area contributed by atoms with E-state index >= 15 is 0 Å². The molecule has 1 aromatic rings. The van der Waals surface area contributed by atoms with Gasteiger partial charge in [0.25, 0.3) is 0 Å². The van der Waals surface area contributed by atoms with Crippen molar-refractivity contribution in [1.29, 1.82) is 0 Å². The minimum Gasteiger partial charge on any atom is -0.352 e. The average Bonchev–Trinajstić information content (AvgIpc) is 3.02. The zero-order chi connectivity index (χ0) is 11.4. The van der Waals surface area contributed by atoms with Gasteiger partial charge in [0, 0.05) is 12.6 Å². The molecule has 1 aliphatic rings. The van der Waals surface area contributed by atoms with Crippen molar-refractivity contribution in [2.75, 3.05) is 13.6 Å². The molecule has 0 aliphatic heterocycles. The summed E-state index contributed by atoms with van der Waals surface area (Å²) in [6, 6.07) is 10.7. The molecule has 86 valence electrons. The molecule has 3 nitrogen and oxygen atoms in total. The van der Waals surface area contributed by atoms with Crippen LogP contribution in [0.1, 0.15) is 18.4 Å². The molecule has 1 amide bonds. The third kappa shape index (κ3) is 3.66.